The summed E-state index contributed by atoms with van der Waals surface area (Å²) in [6.45, 7) is 5.90. The van der Waals surface area contributed by atoms with Crippen LogP contribution in [0.2, 0.25) is 0 Å². The quantitative estimate of drug-likeness (QED) is 0.799. The van der Waals surface area contributed by atoms with Gasteiger partial charge in [-0.1, -0.05) is 12.1 Å². The van der Waals surface area contributed by atoms with Crippen LogP contribution in [0.5, 0.6) is 0 Å². The molecule has 3 rings (SSSR count). The van der Waals surface area contributed by atoms with Gasteiger partial charge < -0.3 is 4.90 Å². The van der Waals surface area contributed by atoms with E-state index in [2.05, 4.69) is 28.9 Å². The summed E-state index contributed by atoms with van der Waals surface area (Å²) in [6.07, 6.45) is 1.68. The fraction of sp³-hybridized carbons (Fsp3) is 0.357. The molecule has 0 N–H and O–H groups in total. The molecule has 20 heavy (non-hydrogen) atoms. The van der Waals surface area contributed by atoms with E-state index in [1.165, 1.54) is 0 Å². The molecule has 1 aliphatic heterocycles. The van der Waals surface area contributed by atoms with Gasteiger partial charge in [-0.05, 0) is 26.0 Å². The normalized spacial score (nSPS) is 16.9. The lowest BCUT2D eigenvalue weighted by Gasteiger charge is -2.24. The molecule has 5 nitrogen and oxygen atoms in total. The molecule has 2 aromatic rings. The van der Waals surface area contributed by atoms with E-state index in [4.69, 9.17) is 16.6 Å². The number of rotatable bonds is 2. The largest absolute Gasteiger partial charge is 0.359 e. The predicted molar refractivity (Wildman–Crippen MR) is 80.0 cm³/mol. The van der Waals surface area contributed by atoms with Crippen molar-refractivity contribution in [3.05, 3.63) is 36.4 Å². The molecule has 1 aromatic heterocycles. The molecule has 1 unspecified atom stereocenters. The summed E-state index contributed by atoms with van der Waals surface area (Å²) in [6, 6.07) is 7.93. The van der Waals surface area contributed by atoms with Gasteiger partial charge in [0, 0.05) is 13.1 Å². The maximum absolute atomic E-state index is 6.61. The highest BCUT2D eigenvalue weighted by atomic mass is 35.5. The first kappa shape index (κ1) is 13.1. The first-order chi connectivity index (χ1) is 9.76. The van der Waals surface area contributed by atoms with Crippen LogP contribution in [0.15, 0.2) is 35.6 Å². The number of amidine groups is 1. The summed E-state index contributed by atoms with van der Waals surface area (Å²) in [5, 5.41) is 7.77. The van der Waals surface area contributed by atoms with Crippen LogP contribution in [0.25, 0.3) is 5.69 Å². The minimum atomic E-state index is -0.398. The average molecular weight is 290 g/mol. The van der Waals surface area contributed by atoms with Crippen LogP contribution in [-0.4, -0.2) is 38.6 Å². The van der Waals surface area contributed by atoms with Crippen LogP contribution in [0.4, 0.5) is 5.69 Å². The summed E-state index contributed by atoms with van der Waals surface area (Å²) in [7, 11) is 0. The summed E-state index contributed by atoms with van der Waals surface area (Å²) in [5.74, 6) is 1.54. The molecule has 104 valence electrons. The molecule has 1 aliphatic rings. The fourth-order valence-corrected chi connectivity index (χ4v) is 2.77. The lowest BCUT2D eigenvalue weighted by Crippen LogP contribution is -2.33. The van der Waals surface area contributed by atoms with Gasteiger partial charge in [0.05, 0.1) is 11.4 Å². The van der Waals surface area contributed by atoms with Gasteiger partial charge in [0.25, 0.3) is 0 Å². The highest BCUT2D eigenvalue weighted by Crippen LogP contribution is 2.34. The minimum Gasteiger partial charge on any atom is -0.359 e. The first-order valence-electron chi connectivity index (χ1n) is 6.73. The van der Waals surface area contributed by atoms with E-state index in [0.717, 1.165) is 30.3 Å². The lowest BCUT2D eigenvalue weighted by molar-refractivity contribution is 0.456. The second kappa shape index (κ2) is 5.25. The number of likely N-dealkylation sites (N-methyl/N-ethyl adjacent to an activating group) is 1. The van der Waals surface area contributed by atoms with E-state index in [1.807, 2.05) is 28.8 Å². The van der Waals surface area contributed by atoms with E-state index in [1.54, 1.807) is 6.33 Å². The number of para-hydroxylation sites is 2. The van der Waals surface area contributed by atoms with Gasteiger partial charge in [0.2, 0.25) is 0 Å². The Kier molecular flexibility index (Phi) is 3.44. The summed E-state index contributed by atoms with van der Waals surface area (Å²) in [5.41, 5.74) is 1.85. The molecule has 6 heteroatoms. The summed E-state index contributed by atoms with van der Waals surface area (Å²) in [4.78, 5) is 6.92. The van der Waals surface area contributed by atoms with Crippen molar-refractivity contribution in [3.8, 4) is 5.69 Å². The molecule has 1 aromatic carbocycles. The topological polar surface area (TPSA) is 46.3 Å². The number of nitrogens with zero attached hydrogens (tertiary/aromatic N) is 5. The monoisotopic (exact) mass is 289 g/mol. The van der Waals surface area contributed by atoms with E-state index in [-0.39, 0.29) is 0 Å². The van der Waals surface area contributed by atoms with Crippen molar-refractivity contribution in [1.29, 1.82) is 0 Å². The predicted octanol–water partition coefficient (Wildman–Crippen LogP) is 2.93. The van der Waals surface area contributed by atoms with Gasteiger partial charge in [-0.25, -0.2) is 4.99 Å². The van der Waals surface area contributed by atoms with Gasteiger partial charge in [-0.3, -0.25) is 4.57 Å². The highest BCUT2D eigenvalue weighted by Gasteiger charge is 2.28. The van der Waals surface area contributed by atoms with Crippen LogP contribution in [-0.2, 0) is 0 Å². The van der Waals surface area contributed by atoms with Gasteiger partial charge in [-0.15, -0.1) is 21.8 Å². The second-order valence-electron chi connectivity index (χ2n) is 4.55. The molecule has 0 amide bonds. The van der Waals surface area contributed by atoms with Gasteiger partial charge >= 0.3 is 0 Å². The SMILES string of the molecule is CCN(CC)C1=Nc2ccccc2-n2cnnc2C1Cl. The Morgan fingerprint density at radius 2 is 2.00 bits per heavy atom. The van der Waals surface area contributed by atoms with Crippen molar-refractivity contribution < 1.29 is 0 Å². The Morgan fingerprint density at radius 3 is 2.75 bits per heavy atom. The molecule has 0 radical (unpaired) electrons. The molecule has 0 fully saturated rings. The van der Waals surface area contributed by atoms with Crippen LogP contribution < -0.4 is 0 Å². The van der Waals surface area contributed by atoms with Gasteiger partial charge in [-0.2, -0.15) is 0 Å². The van der Waals surface area contributed by atoms with Gasteiger partial charge in [0.15, 0.2) is 11.2 Å². The maximum Gasteiger partial charge on any atom is 0.163 e. The van der Waals surface area contributed by atoms with Crippen LogP contribution in [0.3, 0.4) is 0 Å². The number of hydrogen-bond donors (Lipinski definition) is 0. The van der Waals surface area contributed by atoms with Crippen LogP contribution in [0, 0.1) is 0 Å². The number of fused-ring (bicyclic) bond motifs is 3. The van der Waals surface area contributed by atoms with Crippen molar-refractivity contribution in [3.63, 3.8) is 0 Å². The molecule has 2 heterocycles. The number of aromatic nitrogens is 3. The van der Waals surface area contributed by atoms with Crippen molar-refractivity contribution in [2.24, 2.45) is 4.99 Å². The molecule has 0 saturated heterocycles. The summed E-state index contributed by atoms with van der Waals surface area (Å²) < 4.78 is 1.91. The number of aliphatic imine (C=N–C) groups is 1. The zero-order valence-electron chi connectivity index (χ0n) is 11.5. The van der Waals surface area contributed by atoms with Crippen LogP contribution >= 0.6 is 11.6 Å². The average Bonchev–Trinajstić information content (AvgIpc) is 2.92. The van der Waals surface area contributed by atoms with Crippen molar-refractivity contribution in [2.45, 2.75) is 19.2 Å². The number of alkyl halides is 1. The van der Waals surface area contributed by atoms with E-state index >= 15 is 0 Å². The number of benzene rings is 1. The second-order valence-corrected chi connectivity index (χ2v) is 4.99. The Balaban J connectivity index is 2.22. The number of halogens is 1. The third-order valence-electron chi connectivity index (χ3n) is 3.49. The van der Waals surface area contributed by atoms with E-state index in [9.17, 15) is 0 Å². The summed E-state index contributed by atoms with van der Waals surface area (Å²) >= 11 is 6.61. The lowest BCUT2D eigenvalue weighted by atomic mass is 10.2. The molecule has 0 bridgehead atoms. The first-order valence-corrected chi connectivity index (χ1v) is 7.16. The van der Waals surface area contributed by atoms with Crippen molar-refractivity contribution >= 4 is 23.1 Å². The van der Waals surface area contributed by atoms with Gasteiger partial charge in [0.1, 0.15) is 12.2 Å². The molecular weight excluding hydrogens is 274 g/mol. The Hall–Kier alpha value is -1.88. The highest BCUT2D eigenvalue weighted by molar-refractivity contribution is 6.31. The van der Waals surface area contributed by atoms with E-state index in [0.29, 0.717) is 5.82 Å². The molecule has 0 spiro atoms. The smallest absolute Gasteiger partial charge is 0.163 e. The minimum absolute atomic E-state index is 0.398. The maximum atomic E-state index is 6.61. The molecule has 0 aliphatic carbocycles. The van der Waals surface area contributed by atoms with Crippen molar-refractivity contribution in [2.75, 3.05) is 13.1 Å². The standard InChI is InChI=1S/C14H16ClN5/c1-3-19(4-2)13-12(15)14-18-16-9-20(14)11-8-6-5-7-10(11)17-13/h5-9,12H,3-4H2,1-2H3. The Bertz CT molecular complexity index is 645. The third kappa shape index (κ3) is 1.98. The zero-order chi connectivity index (χ0) is 14.1. The van der Waals surface area contributed by atoms with Crippen LogP contribution in [0.1, 0.15) is 25.0 Å². The number of hydrogen-bond acceptors (Lipinski definition) is 4. The molecule has 0 saturated carbocycles. The Labute approximate surface area is 122 Å². The molecule has 1 atom stereocenters. The zero-order valence-corrected chi connectivity index (χ0v) is 12.2. The third-order valence-corrected chi connectivity index (χ3v) is 3.88. The fourth-order valence-electron chi connectivity index (χ4n) is 2.44. The van der Waals surface area contributed by atoms with Crippen molar-refractivity contribution in [1.82, 2.24) is 19.7 Å². The Morgan fingerprint density at radius 1 is 1.25 bits per heavy atom. The molecular formula is C14H16ClN5. The van der Waals surface area contributed by atoms with E-state index < -0.39 is 5.38 Å².